The second-order valence-electron chi connectivity index (χ2n) is 7.27. The molecule has 0 unspecified atom stereocenters. The number of hydrogen-bond donors (Lipinski definition) is 2. The molecule has 0 atom stereocenters. The minimum atomic E-state index is -3.94. The second kappa shape index (κ2) is 7.99. The van der Waals surface area contributed by atoms with Crippen LogP contribution in [0.3, 0.4) is 0 Å². The zero-order valence-electron chi connectivity index (χ0n) is 17.0. The zero-order valence-corrected chi connectivity index (χ0v) is 17.8. The van der Waals surface area contributed by atoms with E-state index in [1.54, 1.807) is 44.2 Å². The Labute approximate surface area is 179 Å². The molecule has 2 aromatic carbocycles. The molecule has 0 fully saturated rings. The van der Waals surface area contributed by atoms with Crippen molar-refractivity contribution in [2.24, 2.45) is 0 Å². The summed E-state index contributed by atoms with van der Waals surface area (Å²) >= 11 is 0. The zero-order chi connectivity index (χ0) is 22.2. The molecule has 1 aliphatic heterocycles. The number of hydrogen-bond acceptors (Lipinski definition) is 6. The number of anilines is 1. The van der Waals surface area contributed by atoms with Crippen molar-refractivity contribution in [2.45, 2.75) is 32.0 Å². The van der Waals surface area contributed by atoms with E-state index in [0.29, 0.717) is 35.9 Å². The van der Waals surface area contributed by atoms with Crippen LogP contribution in [-0.2, 0) is 23.1 Å². The van der Waals surface area contributed by atoms with E-state index in [-0.39, 0.29) is 22.9 Å². The number of sulfonamides is 1. The van der Waals surface area contributed by atoms with Crippen molar-refractivity contribution in [3.63, 3.8) is 0 Å². The number of nitrogens with one attached hydrogen (secondary N) is 1. The third-order valence-corrected chi connectivity index (χ3v) is 6.17. The summed E-state index contributed by atoms with van der Waals surface area (Å²) < 4.78 is 44.8. The number of aryl methyl sites for hydroxylation is 2. The number of carbonyl (C=O) groups is 1. The number of ether oxygens (including phenoxy) is 2. The first-order valence-electron chi connectivity index (χ1n) is 9.57. The molecule has 2 heterocycles. The van der Waals surface area contributed by atoms with E-state index in [2.05, 4.69) is 4.72 Å². The molecule has 0 bridgehead atoms. The lowest BCUT2D eigenvalue weighted by Crippen LogP contribution is -2.13. The van der Waals surface area contributed by atoms with Gasteiger partial charge in [-0.15, -0.1) is 0 Å². The smallest absolute Gasteiger partial charge is 0.335 e. The largest absolute Gasteiger partial charge is 0.493 e. The van der Waals surface area contributed by atoms with E-state index < -0.39 is 16.0 Å². The first-order chi connectivity index (χ1) is 14.7. The third kappa shape index (κ3) is 4.36. The van der Waals surface area contributed by atoms with Crippen LogP contribution in [0.25, 0.3) is 0 Å². The third-order valence-electron chi connectivity index (χ3n) is 4.93. The minimum Gasteiger partial charge on any atom is -0.493 e. The quantitative estimate of drug-likeness (QED) is 0.569. The number of fused-ring (bicyclic) bond motifs is 1. The molecule has 0 aliphatic carbocycles. The van der Waals surface area contributed by atoms with E-state index in [0.717, 1.165) is 11.1 Å². The Balaban J connectivity index is 1.61. The SMILES string of the molecule is Cc1ccc(S(=O)(=O)Nc2cc3c(cc2OCc2ccc(C(=O)O)c(C)c2)OCC3)o1. The Morgan fingerprint density at radius 2 is 1.97 bits per heavy atom. The first-order valence-corrected chi connectivity index (χ1v) is 11.1. The molecular formula is C22H21NO7S. The van der Waals surface area contributed by atoms with Gasteiger partial charge in [0.2, 0.25) is 5.09 Å². The molecule has 0 spiro atoms. The molecule has 2 N–H and O–H groups in total. The van der Waals surface area contributed by atoms with Gasteiger partial charge in [0.1, 0.15) is 23.9 Å². The van der Waals surface area contributed by atoms with E-state index in [1.807, 2.05) is 0 Å². The molecule has 1 aromatic heterocycles. The summed E-state index contributed by atoms with van der Waals surface area (Å²) in [4.78, 5) is 11.2. The molecule has 3 aromatic rings. The van der Waals surface area contributed by atoms with Crippen LogP contribution in [0, 0.1) is 13.8 Å². The lowest BCUT2D eigenvalue weighted by molar-refractivity contribution is 0.0696. The highest BCUT2D eigenvalue weighted by molar-refractivity contribution is 7.92. The lowest BCUT2D eigenvalue weighted by atomic mass is 10.1. The normalized spacial score (nSPS) is 12.8. The molecule has 0 amide bonds. The molecule has 1 aliphatic rings. The van der Waals surface area contributed by atoms with Gasteiger partial charge in [-0.25, -0.2) is 4.79 Å². The van der Waals surface area contributed by atoms with Crippen LogP contribution in [0.1, 0.15) is 32.8 Å². The highest BCUT2D eigenvalue weighted by Gasteiger charge is 2.23. The van der Waals surface area contributed by atoms with Crippen molar-refractivity contribution in [3.05, 3.63) is 70.5 Å². The summed E-state index contributed by atoms with van der Waals surface area (Å²) in [7, 11) is -3.94. The van der Waals surface area contributed by atoms with Crippen molar-refractivity contribution in [3.8, 4) is 11.5 Å². The molecular weight excluding hydrogens is 422 g/mol. The van der Waals surface area contributed by atoms with Crippen LogP contribution < -0.4 is 14.2 Å². The van der Waals surface area contributed by atoms with E-state index in [4.69, 9.17) is 13.9 Å². The number of benzene rings is 2. The summed E-state index contributed by atoms with van der Waals surface area (Å²) in [5.41, 5.74) is 2.73. The number of aromatic carboxylic acids is 1. The highest BCUT2D eigenvalue weighted by Crippen LogP contribution is 2.38. The molecule has 9 heteroatoms. The maximum absolute atomic E-state index is 12.7. The summed E-state index contributed by atoms with van der Waals surface area (Å²) in [5.74, 6) is 0.432. The minimum absolute atomic E-state index is 0.119. The van der Waals surface area contributed by atoms with Gasteiger partial charge in [0.15, 0.2) is 0 Å². The van der Waals surface area contributed by atoms with Crippen molar-refractivity contribution < 1.29 is 32.2 Å². The number of carboxylic acid groups (broad SMARTS) is 1. The van der Waals surface area contributed by atoms with Gasteiger partial charge in [0.05, 0.1) is 17.9 Å². The van der Waals surface area contributed by atoms with E-state index in [9.17, 15) is 18.3 Å². The van der Waals surface area contributed by atoms with E-state index >= 15 is 0 Å². The second-order valence-corrected chi connectivity index (χ2v) is 8.88. The van der Waals surface area contributed by atoms with Crippen molar-refractivity contribution in [1.82, 2.24) is 0 Å². The monoisotopic (exact) mass is 443 g/mol. The summed E-state index contributed by atoms with van der Waals surface area (Å²) in [5, 5.41) is 8.99. The number of rotatable bonds is 7. The Morgan fingerprint density at radius 1 is 1.16 bits per heavy atom. The topological polar surface area (TPSA) is 115 Å². The van der Waals surface area contributed by atoms with Gasteiger partial charge in [0.25, 0.3) is 10.0 Å². The van der Waals surface area contributed by atoms with Crippen LogP contribution in [-0.4, -0.2) is 26.1 Å². The molecule has 4 rings (SSSR count). The predicted octanol–water partition coefficient (Wildman–Crippen LogP) is 3.91. The summed E-state index contributed by atoms with van der Waals surface area (Å²) in [6.07, 6.45) is 0.667. The number of carboxylic acids is 1. The van der Waals surface area contributed by atoms with Crippen molar-refractivity contribution in [1.29, 1.82) is 0 Å². The van der Waals surface area contributed by atoms with Crippen molar-refractivity contribution >= 4 is 21.7 Å². The fourth-order valence-corrected chi connectivity index (χ4v) is 4.41. The average Bonchev–Trinajstić information content (AvgIpc) is 3.34. The van der Waals surface area contributed by atoms with Gasteiger partial charge in [-0.05, 0) is 54.8 Å². The molecule has 162 valence electrons. The fourth-order valence-electron chi connectivity index (χ4n) is 3.37. The van der Waals surface area contributed by atoms with Crippen LogP contribution in [0.5, 0.6) is 11.5 Å². The van der Waals surface area contributed by atoms with E-state index in [1.165, 1.54) is 12.1 Å². The average molecular weight is 443 g/mol. The molecule has 0 radical (unpaired) electrons. The van der Waals surface area contributed by atoms with Crippen molar-refractivity contribution in [2.75, 3.05) is 11.3 Å². The number of furan rings is 1. The van der Waals surface area contributed by atoms with Crippen LogP contribution >= 0.6 is 0 Å². The highest BCUT2D eigenvalue weighted by atomic mass is 32.2. The predicted molar refractivity (Wildman–Crippen MR) is 112 cm³/mol. The Hall–Kier alpha value is -3.46. The fraction of sp³-hybridized carbons (Fsp3) is 0.227. The van der Waals surface area contributed by atoms with Gasteiger partial charge in [0, 0.05) is 12.5 Å². The lowest BCUT2D eigenvalue weighted by Gasteiger charge is -2.15. The van der Waals surface area contributed by atoms with Gasteiger partial charge in [-0.3, -0.25) is 4.72 Å². The van der Waals surface area contributed by atoms with Gasteiger partial charge in [-0.1, -0.05) is 12.1 Å². The maximum atomic E-state index is 12.7. The Morgan fingerprint density at radius 3 is 2.65 bits per heavy atom. The standard InChI is InChI=1S/C22H21NO7S/c1-13-9-15(4-5-17(13)22(24)25)12-29-20-11-19-16(7-8-28-19)10-18(20)23-31(26,27)21-6-3-14(2)30-21/h3-6,9-11,23H,7-8,12H2,1-2H3,(H,24,25). The first kappa shape index (κ1) is 20.8. The van der Waals surface area contributed by atoms with Gasteiger partial charge in [-0.2, -0.15) is 8.42 Å². The molecule has 8 nitrogen and oxygen atoms in total. The Kier molecular flexibility index (Phi) is 5.36. The molecule has 31 heavy (non-hydrogen) atoms. The van der Waals surface area contributed by atoms with Crippen LogP contribution in [0.15, 0.2) is 52.0 Å². The van der Waals surface area contributed by atoms with Gasteiger partial charge >= 0.3 is 5.97 Å². The van der Waals surface area contributed by atoms with Crippen LogP contribution in [0.2, 0.25) is 0 Å². The summed E-state index contributed by atoms with van der Waals surface area (Å²) in [6.45, 7) is 4.01. The van der Waals surface area contributed by atoms with Crippen LogP contribution in [0.4, 0.5) is 5.69 Å². The van der Waals surface area contributed by atoms with Gasteiger partial charge < -0.3 is 19.0 Å². The summed E-state index contributed by atoms with van der Waals surface area (Å²) in [6, 6.07) is 11.2. The Bertz CT molecular complexity index is 1260. The maximum Gasteiger partial charge on any atom is 0.335 e. The molecule has 0 saturated heterocycles. The molecule has 0 saturated carbocycles.